The normalized spacial score (nSPS) is 9.76. The summed E-state index contributed by atoms with van der Waals surface area (Å²) in [4.78, 5) is 12.3. The highest BCUT2D eigenvalue weighted by atomic mass is 35.5. The molecule has 0 bridgehead atoms. The zero-order chi connectivity index (χ0) is 17.7. The van der Waals surface area contributed by atoms with Crippen molar-refractivity contribution in [1.82, 2.24) is 0 Å². The predicted molar refractivity (Wildman–Crippen MR) is 101 cm³/mol. The summed E-state index contributed by atoms with van der Waals surface area (Å²) in [6, 6.07) is 8.91. The van der Waals surface area contributed by atoms with Gasteiger partial charge < -0.3 is 25.3 Å². The molecule has 0 aliphatic rings. The second kappa shape index (κ2) is 9.03. The van der Waals surface area contributed by atoms with Crippen molar-refractivity contribution in [3.8, 4) is 17.2 Å². The van der Waals surface area contributed by atoms with Crippen LogP contribution in [0.2, 0.25) is 0 Å². The predicted octanol–water partition coefficient (Wildman–Crippen LogP) is 3.21. The van der Waals surface area contributed by atoms with Gasteiger partial charge in [-0.05, 0) is 42.3 Å². The summed E-state index contributed by atoms with van der Waals surface area (Å²) in [7, 11) is 4.61. The van der Waals surface area contributed by atoms with Gasteiger partial charge in [0.1, 0.15) is 0 Å². The van der Waals surface area contributed by atoms with E-state index in [9.17, 15) is 4.79 Å². The fraction of sp³-hybridized carbons (Fsp3) is 0.278. The molecule has 136 valence electrons. The Morgan fingerprint density at radius 3 is 2.16 bits per heavy atom. The number of halogens is 1. The molecule has 0 fully saturated rings. The minimum atomic E-state index is -0.155. The summed E-state index contributed by atoms with van der Waals surface area (Å²) in [5.41, 5.74) is 8.77. The van der Waals surface area contributed by atoms with Gasteiger partial charge in [-0.15, -0.1) is 12.4 Å². The number of ether oxygens (including phenoxy) is 3. The van der Waals surface area contributed by atoms with E-state index in [1.54, 1.807) is 24.3 Å². The van der Waals surface area contributed by atoms with Gasteiger partial charge in [-0.3, -0.25) is 4.79 Å². The van der Waals surface area contributed by atoms with Crippen molar-refractivity contribution >= 4 is 29.7 Å². The van der Waals surface area contributed by atoms with E-state index >= 15 is 0 Å². The number of nitrogen functional groups attached to an aromatic ring is 1. The van der Waals surface area contributed by atoms with Crippen LogP contribution < -0.4 is 25.3 Å². The lowest BCUT2D eigenvalue weighted by Crippen LogP contribution is -2.15. The minimum Gasteiger partial charge on any atom is -0.493 e. The zero-order valence-corrected chi connectivity index (χ0v) is 15.5. The number of rotatable bonds is 6. The van der Waals surface area contributed by atoms with Crippen LogP contribution in [-0.4, -0.2) is 27.2 Å². The summed E-state index contributed by atoms with van der Waals surface area (Å²) in [6.07, 6.45) is 0.172. The molecule has 0 atom stereocenters. The van der Waals surface area contributed by atoms with Crippen LogP contribution in [0.5, 0.6) is 17.2 Å². The first kappa shape index (κ1) is 20.4. The van der Waals surface area contributed by atoms with E-state index < -0.39 is 0 Å². The van der Waals surface area contributed by atoms with Crippen LogP contribution in [0.3, 0.4) is 0 Å². The van der Waals surface area contributed by atoms with E-state index in [1.165, 1.54) is 21.3 Å². The van der Waals surface area contributed by atoms with Crippen molar-refractivity contribution in [2.75, 3.05) is 32.4 Å². The number of methoxy groups -OCH3 is 3. The monoisotopic (exact) mass is 366 g/mol. The molecule has 2 aromatic carbocycles. The standard InChI is InChI=1S/C18H22N2O4.ClH/c1-11-5-6-13(19)10-14(11)20-17(21)9-12-7-15(22-2)18(24-4)16(8-12)23-3;/h5-8,10H,9,19H2,1-4H3,(H,20,21);1H. The molecule has 0 saturated heterocycles. The Labute approximate surface area is 153 Å². The number of hydrogen-bond donors (Lipinski definition) is 2. The molecular weight excluding hydrogens is 344 g/mol. The van der Waals surface area contributed by atoms with Gasteiger partial charge in [-0.2, -0.15) is 0 Å². The first-order valence-electron chi connectivity index (χ1n) is 7.43. The molecule has 0 spiro atoms. The maximum Gasteiger partial charge on any atom is 0.228 e. The first-order valence-corrected chi connectivity index (χ1v) is 7.43. The van der Waals surface area contributed by atoms with Crippen molar-refractivity contribution in [3.63, 3.8) is 0 Å². The Balaban J connectivity index is 0.00000312. The number of hydrogen-bond acceptors (Lipinski definition) is 5. The van der Waals surface area contributed by atoms with Gasteiger partial charge in [0, 0.05) is 11.4 Å². The number of nitrogens with two attached hydrogens (primary N) is 1. The fourth-order valence-electron chi connectivity index (χ4n) is 2.39. The molecule has 2 aromatic rings. The molecule has 0 heterocycles. The maximum absolute atomic E-state index is 12.3. The molecule has 1 amide bonds. The lowest BCUT2D eigenvalue weighted by Gasteiger charge is -2.14. The molecule has 0 aliphatic heterocycles. The number of aryl methyl sites for hydroxylation is 1. The van der Waals surface area contributed by atoms with E-state index in [0.29, 0.717) is 28.6 Å². The van der Waals surface area contributed by atoms with Gasteiger partial charge in [-0.25, -0.2) is 0 Å². The molecule has 0 aromatic heterocycles. The van der Waals surface area contributed by atoms with Crippen LogP contribution in [0, 0.1) is 6.92 Å². The Morgan fingerprint density at radius 2 is 1.64 bits per heavy atom. The maximum atomic E-state index is 12.3. The van der Waals surface area contributed by atoms with Crippen LogP contribution in [-0.2, 0) is 11.2 Å². The smallest absolute Gasteiger partial charge is 0.228 e. The second-order valence-corrected chi connectivity index (χ2v) is 5.33. The lowest BCUT2D eigenvalue weighted by molar-refractivity contribution is -0.115. The SMILES string of the molecule is COc1cc(CC(=O)Nc2cc(N)ccc2C)cc(OC)c1OC.Cl. The third-order valence-electron chi connectivity index (χ3n) is 3.62. The van der Waals surface area contributed by atoms with Crippen molar-refractivity contribution in [2.24, 2.45) is 0 Å². The highest BCUT2D eigenvalue weighted by Gasteiger charge is 2.15. The fourth-order valence-corrected chi connectivity index (χ4v) is 2.39. The zero-order valence-electron chi connectivity index (χ0n) is 14.7. The summed E-state index contributed by atoms with van der Waals surface area (Å²) in [5, 5.41) is 2.87. The number of benzene rings is 2. The summed E-state index contributed by atoms with van der Waals surface area (Å²) >= 11 is 0. The Kier molecular flexibility index (Phi) is 7.39. The Hall–Kier alpha value is -2.60. The third-order valence-corrected chi connectivity index (χ3v) is 3.62. The quantitative estimate of drug-likeness (QED) is 0.767. The number of nitrogens with one attached hydrogen (secondary N) is 1. The summed E-state index contributed by atoms with van der Waals surface area (Å²) in [6.45, 7) is 1.91. The van der Waals surface area contributed by atoms with E-state index in [2.05, 4.69) is 5.32 Å². The average Bonchev–Trinajstić information content (AvgIpc) is 2.57. The van der Waals surface area contributed by atoms with Crippen LogP contribution in [0.25, 0.3) is 0 Å². The van der Waals surface area contributed by atoms with Crippen molar-refractivity contribution in [3.05, 3.63) is 41.5 Å². The topological polar surface area (TPSA) is 82.8 Å². The van der Waals surface area contributed by atoms with Crippen LogP contribution >= 0.6 is 12.4 Å². The first-order chi connectivity index (χ1) is 11.5. The van der Waals surface area contributed by atoms with E-state index in [-0.39, 0.29) is 24.7 Å². The number of anilines is 2. The molecule has 6 nitrogen and oxygen atoms in total. The van der Waals surface area contributed by atoms with Crippen LogP contribution in [0.15, 0.2) is 30.3 Å². The highest BCUT2D eigenvalue weighted by molar-refractivity contribution is 5.93. The molecule has 2 rings (SSSR count). The molecule has 0 aliphatic carbocycles. The highest BCUT2D eigenvalue weighted by Crippen LogP contribution is 2.38. The van der Waals surface area contributed by atoms with Gasteiger partial charge in [-0.1, -0.05) is 6.07 Å². The third kappa shape index (κ3) is 4.93. The van der Waals surface area contributed by atoms with Gasteiger partial charge in [0.2, 0.25) is 11.7 Å². The second-order valence-electron chi connectivity index (χ2n) is 5.33. The van der Waals surface area contributed by atoms with Crippen molar-refractivity contribution < 1.29 is 19.0 Å². The molecule has 7 heteroatoms. The number of carbonyl (C=O) groups excluding carboxylic acids is 1. The summed E-state index contributed by atoms with van der Waals surface area (Å²) in [5.74, 6) is 1.37. The molecule has 0 unspecified atom stereocenters. The van der Waals surface area contributed by atoms with E-state index in [1.807, 2.05) is 13.0 Å². The van der Waals surface area contributed by atoms with Crippen LogP contribution in [0.4, 0.5) is 11.4 Å². The average molecular weight is 367 g/mol. The van der Waals surface area contributed by atoms with Gasteiger partial charge in [0.25, 0.3) is 0 Å². The van der Waals surface area contributed by atoms with Gasteiger partial charge >= 0.3 is 0 Å². The van der Waals surface area contributed by atoms with Crippen molar-refractivity contribution in [1.29, 1.82) is 0 Å². The summed E-state index contributed by atoms with van der Waals surface area (Å²) < 4.78 is 15.9. The minimum absolute atomic E-state index is 0. The van der Waals surface area contributed by atoms with Crippen molar-refractivity contribution in [2.45, 2.75) is 13.3 Å². The molecule has 3 N–H and O–H groups in total. The molecular formula is C18H23ClN2O4. The Bertz CT molecular complexity index is 725. The molecule has 25 heavy (non-hydrogen) atoms. The molecule has 0 saturated carbocycles. The lowest BCUT2D eigenvalue weighted by atomic mass is 10.1. The van der Waals surface area contributed by atoms with Gasteiger partial charge in [0.15, 0.2) is 11.5 Å². The Morgan fingerprint density at radius 1 is 1.04 bits per heavy atom. The van der Waals surface area contributed by atoms with E-state index in [0.717, 1.165) is 11.1 Å². The largest absolute Gasteiger partial charge is 0.493 e. The number of amides is 1. The van der Waals surface area contributed by atoms with Crippen LogP contribution in [0.1, 0.15) is 11.1 Å². The van der Waals surface area contributed by atoms with Gasteiger partial charge in [0.05, 0.1) is 27.8 Å². The molecule has 0 radical (unpaired) electrons. The van der Waals surface area contributed by atoms with E-state index in [4.69, 9.17) is 19.9 Å². The number of carbonyl (C=O) groups is 1.